The molecule has 0 aromatic heterocycles. The van der Waals surface area contributed by atoms with Crippen molar-refractivity contribution >= 4 is 18.4 Å². The number of nitrogens with two attached hydrogens (primary N) is 1. The highest BCUT2D eigenvalue weighted by Crippen LogP contribution is 2.31. The molecule has 1 fully saturated rings. The van der Waals surface area contributed by atoms with Crippen LogP contribution in [0.3, 0.4) is 0 Å². The Labute approximate surface area is 107 Å². The molecule has 2 aliphatic heterocycles. The maximum Gasteiger partial charge on any atom is 0.348 e. The van der Waals surface area contributed by atoms with E-state index in [0.717, 1.165) is 25.9 Å². The summed E-state index contributed by atoms with van der Waals surface area (Å²) in [5, 5.41) is 9.03. The van der Waals surface area contributed by atoms with Crippen molar-refractivity contribution in [2.45, 2.75) is 37.8 Å². The molecule has 0 aromatic rings. The average molecular weight is 263 g/mol. The van der Waals surface area contributed by atoms with Gasteiger partial charge in [0.2, 0.25) is 5.60 Å². The van der Waals surface area contributed by atoms with Gasteiger partial charge in [-0.1, -0.05) is 0 Å². The van der Waals surface area contributed by atoms with Gasteiger partial charge in [0.15, 0.2) is 5.88 Å². The standard InChI is InChI=1S/C11H18N2O3.ClH/c1-11(10(14)15)5-2-9(16-11)13-6-3-8(12)4-7-13;/h2,8H,3-7,12H2,1H3,(H,14,15);1H. The number of likely N-dealkylation sites (tertiary alicyclic amines) is 1. The van der Waals surface area contributed by atoms with E-state index in [0.29, 0.717) is 12.3 Å². The zero-order valence-electron chi connectivity index (χ0n) is 9.89. The van der Waals surface area contributed by atoms with Gasteiger partial charge in [-0.25, -0.2) is 4.79 Å². The van der Waals surface area contributed by atoms with E-state index < -0.39 is 11.6 Å². The molecule has 0 aromatic carbocycles. The number of aliphatic carboxylic acids is 1. The summed E-state index contributed by atoms with van der Waals surface area (Å²) in [5.74, 6) is -0.204. The molecule has 1 atom stereocenters. The minimum Gasteiger partial charge on any atom is -0.478 e. The molecule has 0 spiro atoms. The molecule has 0 radical (unpaired) electrons. The number of nitrogens with zero attached hydrogens (tertiary/aromatic N) is 1. The first-order chi connectivity index (χ1) is 7.51. The fraction of sp³-hybridized carbons (Fsp3) is 0.727. The highest BCUT2D eigenvalue weighted by atomic mass is 35.5. The number of ether oxygens (including phenoxy) is 1. The van der Waals surface area contributed by atoms with Crippen molar-refractivity contribution in [3.63, 3.8) is 0 Å². The Kier molecular flexibility index (Phi) is 4.27. The van der Waals surface area contributed by atoms with E-state index in [2.05, 4.69) is 4.90 Å². The molecule has 6 heteroatoms. The molecule has 2 heterocycles. The van der Waals surface area contributed by atoms with Crippen LogP contribution in [0.2, 0.25) is 0 Å². The summed E-state index contributed by atoms with van der Waals surface area (Å²) < 4.78 is 5.53. The second-order valence-corrected chi connectivity index (χ2v) is 4.71. The van der Waals surface area contributed by atoms with Crippen LogP contribution >= 0.6 is 12.4 Å². The Bertz CT molecular complexity index is 327. The summed E-state index contributed by atoms with van der Waals surface area (Å²) in [6.45, 7) is 3.31. The quantitative estimate of drug-likeness (QED) is 0.775. The Morgan fingerprint density at radius 3 is 2.65 bits per heavy atom. The third-order valence-electron chi connectivity index (χ3n) is 3.30. The van der Waals surface area contributed by atoms with Crippen LogP contribution in [0, 0.1) is 0 Å². The Morgan fingerprint density at radius 1 is 1.59 bits per heavy atom. The fourth-order valence-corrected chi connectivity index (χ4v) is 2.04. The maximum atomic E-state index is 11.0. The van der Waals surface area contributed by atoms with Crippen LogP contribution in [0.5, 0.6) is 0 Å². The number of hydrogen-bond donors (Lipinski definition) is 2. The Hall–Kier alpha value is -0.940. The number of hydrogen-bond acceptors (Lipinski definition) is 4. The van der Waals surface area contributed by atoms with Gasteiger partial charge in [-0.3, -0.25) is 0 Å². The smallest absolute Gasteiger partial charge is 0.348 e. The van der Waals surface area contributed by atoms with Gasteiger partial charge >= 0.3 is 5.97 Å². The van der Waals surface area contributed by atoms with Gasteiger partial charge in [-0.15, -0.1) is 12.4 Å². The number of carboxylic acid groups (broad SMARTS) is 1. The van der Waals surface area contributed by atoms with Crippen molar-refractivity contribution in [2.24, 2.45) is 5.73 Å². The monoisotopic (exact) mass is 262 g/mol. The van der Waals surface area contributed by atoms with E-state index in [1.807, 2.05) is 6.08 Å². The van der Waals surface area contributed by atoms with Gasteiger partial charge in [0.25, 0.3) is 0 Å². The summed E-state index contributed by atoms with van der Waals surface area (Å²) in [7, 11) is 0. The number of carboxylic acids is 1. The molecular formula is C11H19ClN2O3. The molecule has 1 saturated heterocycles. The first-order valence-corrected chi connectivity index (χ1v) is 5.64. The molecule has 5 nitrogen and oxygen atoms in total. The van der Waals surface area contributed by atoms with Crippen LogP contribution in [0.4, 0.5) is 0 Å². The third kappa shape index (κ3) is 2.84. The number of rotatable bonds is 2. The zero-order chi connectivity index (χ0) is 11.8. The molecule has 98 valence electrons. The van der Waals surface area contributed by atoms with Crippen LogP contribution in [0.1, 0.15) is 26.2 Å². The van der Waals surface area contributed by atoms with Crippen molar-refractivity contribution in [1.29, 1.82) is 0 Å². The molecule has 3 N–H and O–H groups in total. The zero-order valence-corrected chi connectivity index (χ0v) is 10.7. The third-order valence-corrected chi connectivity index (χ3v) is 3.30. The van der Waals surface area contributed by atoms with Crippen molar-refractivity contribution in [3.8, 4) is 0 Å². The van der Waals surface area contributed by atoms with Gasteiger partial charge in [0, 0.05) is 25.6 Å². The predicted molar refractivity (Wildman–Crippen MR) is 65.9 cm³/mol. The minimum absolute atomic E-state index is 0. The fourth-order valence-electron chi connectivity index (χ4n) is 2.04. The molecule has 1 unspecified atom stereocenters. The van der Waals surface area contributed by atoms with Crippen LogP contribution in [0.15, 0.2) is 12.0 Å². The van der Waals surface area contributed by atoms with E-state index in [1.165, 1.54) is 0 Å². The van der Waals surface area contributed by atoms with Crippen molar-refractivity contribution in [3.05, 3.63) is 12.0 Å². The second-order valence-electron chi connectivity index (χ2n) is 4.71. The Balaban J connectivity index is 0.00000144. The van der Waals surface area contributed by atoms with E-state index in [1.54, 1.807) is 6.92 Å². The first-order valence-electron chi connectivity index (χ1n) is 5.64. The molecule has 0 saturated carbocycles. The van der Waals surface area contributed by atoms with Gasteiger partial charge in [0.05, 0.1) is 0 Å². The summed E-state index contributed by atoms with van der Waals surface area (Å²) in [6, 6.07) is 0.268. The van der Waals surface area contributed by atoms with Crippen molar-refractivity contribution in [1.82, 2.24) is 4.90 Å². The molecular weight excluding hydrogens is 244 g/mol. The summed E-state index contributed by atoms with van der Waals surface area (Å²) in [5.41, 5.74) is 4.73. The van der Waals surface area contributed by atoms with E-state index >= 15 is 0 Å². The van der Waals surface area contributed by atoms with E-state index in [9.17, 15) is 4.79 Å². The highest BCUT2D eigenvalue weighted by molar-refractivity contribution is 5.85. The van der Waals surface area contributed by atoms with Gasteiger partial charge < -0.3 is 20.5 Å². The van der Waals surface area contributed by atoms with Crippen LogP contribution in [0.25, 0.3) is 0 Å². The lowest BCUT2D eigenvalue weighted by Gasteiger charge is -2.33. The normalized spacial score (nSPS) is 29.3. The van der Waals surface area contributed by atoms with Crippen molar-refractivity contribution in [2.75, 3.05) is 13.1 Å². The minimum atomic E-state index is -1.09. The summed E-state index contributed by atoms with van der Waals surface area (Å²) in [4.78, 5) is 13.1. The van der Waals surface area contributed by atoms with Crippen LogP contribution < -0.4 is 5.73 Å². The first kappa shape index (κ1) is 14.1. The largest absolute Gasteiger partial charge is 0.478 e. The summed E-state index contributed by atoms with van der Waals surface area (Å²) >= 11 is 0. The average Bonchev–Trinajstić information content (AvgIpc) is 2.63. The molecule has 0 bridgehead atoms. The topological polar surface area (TPSA) is 75.8 Å². The Morgan fingerprint density at radius 2 is 2.18 bits per heavy atom. The second kappa shape index (κ2) is 5.14. The maximum absolute atomic E-state index is 11.0. The molecule has 2 aliphatic rings. The SMILES string of the molecule is CC1(C(=O)O)CC=C(N2CCC(N)CC2)O1.Cl. The van der Waals surface area contributed by atoms with E-state index in [-0.39, 0.29) is 18.4 Å². The van der Waals surface area contributed by atoms with Gasteiger partial charge in [0.1, 0.15) is 0 Å². The van der Waals surface area contributed by atoms with Crippen molar-refractivity contribution < 1.29 is 14.6 Å². The lowest BCUT2D eigenvalue weighted by Crippen LogP contribution is -2.41. The lowest BCUT2D eigenvalue weighted by molar-refractivity contribution is -0.158. The highest BCUT2D eigenvalue weighted by Gasteiger charge is 2.41. The van der Waals surface area contributed by atoms with E-state index in [4.69, 9.17) is 15.6 Å². The molecule has 0 amide bonds. The predicted octanol–water partition coefficient (Wildman–Crippen LogP) is 0.936. The van der Waals surface area contributed by atoms with Crippen LogP contribution in [-0.4, -0.2) is 40.7 Å². The number of piperidine rings is 1. The number of carbonyl (C=O) groups is 1. The van der Waals surface area contributed by atoms with Gasteiger partial charge in [-0.2, -0.15) is 0 Å². The van der Waals surface area contributed by atoms with Gasteiger partial charge in [-0.05, 0) is 25.8 Å². The molecule has 0 aliphatic carbocycles. The molecule has 2 rings (SSSR count). The molecule has 17 heavy (non-hydrogen) atoms. The lowest BCUT2D eigenvalue weighted by atomic mass is 10.0. The number of halogens is 1. The van der Waals surface area contributed by atoms with Crippen LogP contribution in [-0.2, 0) is 9.53 Å². The summed E-state index contributed by atoms with van der Waals surface area (Å²) in [6.07, 6.45) is 4.17.